The molecule has 6 nitrogen and oxygen atoms in total. The maximum atomic E-state index is 12.0. The van der Waals surface area contributed by atoms with Gasteiger partial charge in [0.1, 0.15) is 6.61 Å². The van der Waals surface area contributed by atoms with Gasteiger partial charge in [0.05, 0.1) is 13.2 Å². The lowest BCUT2D eigenvalue weighted by molar-refractivity contribution is -0.142. The number of benzene rings is 1. The summed E-state index contributed by atoms with van der Waals surface area (Å²) in [5, 5.41) is 11.1. The molecule has 1 heterocycles. The minimum Gasteiger partial charge on any atom is -0.480 e. The van der Waals surface area contributed by atoms with Crippen molar-refractivity contribution in [1.29, 1.82) is 0 Å². The first-order valence-corrected chi connectivity index (χ1v) is 6.92. The first-order chi connectivity index (χ1) is 10.2. The van der Waals surface area contributed by atoms with E-state index in [9.17, 15) is 9.59 Å². The van der Waals surface area contributed by atoms with Gasteiger partial charge < -0.3 is 19.9 Å². The highest BCUT2D eigenvalue weighted by Gasteiger charge is 2.18. The SMILES string of the molecule is O=C(O)COCCNC(=O)c1cccc(C2CCOC2)c1. The molecule has 2 N–H and O–H groups in total. The molecule has 2 rings (SSSR count). The van der Waals surface area contributed by atoms with Crippen LogP contribution in [0.1, 0.15) is 28.3 Å². The third-order valence-corrected chi connectivity index (χ3v) is 3.31. The van der Waals surface area contributed by atoms with E-state index >= 15 is 0 Å². The summed E-state index contributed by atoms with van der Waals surface area (Å²) in [6, 6.07) is 7.51. The second kappa shape index (κ2) is 7.75. The molecule has 1 amide bonds. The standard InChI is InChI=1S/C15H19NO5/c17-14(18)10-21-7-5-16-15(19)12-3-1-2-11(8-12)13-4-6-20-9-13/h1-3,8,13H,4-7,9-10H2,(H,16,19)(H,17,18). The third-order valence-electron chi connectivity index (χ3n) is 3.31. The van der Waals surface area contributed by atoms with E-state index in [1.165, 1.54) is 0 Å². The number of carboxylic acids is 1. The minimum absolute atomic E-state index is 0.175. The Bertz CT molecular complexity index is 497. The van der Waals surface area contributed by atoms with E-state index in [2.05, 4.69) is 5.32 Å². The zero-order valence-corrected chi connectivity index (χ0v) is 11.7. The molecule has 0 aliphatic carbocycles. The number of ether oxygens (including phenoxy) is 2. The number of aliphatic carboxylic acids is 1. The van der Waals surface area contributed by atoms with Crippen molar-refractivity contribution in [3.05, 3.63) is 35.4 Å². The number of hydrogen-bond donors (Lipinski definition) is 2. The van der Waals surface area contributed by atoms with E-state index < -0.39 is 5.97 Å². The third kappa shape index (κ3) is 4.84. The molecule has 1 unspecified atom stereocenters. The maximum absolute atomic E-state index is 12.0. The molecule has 0 bridgehead atoms. The fourth-order valence-electron chi connectivity index (χ4n) is 2.23. The van der Waals surface area contributed by atoms with Crippen molar-refractivity contribution < 1.29 is 24.2 Å². The van der Waals surface area contributed by atoms with Crippen molar-refractivity contribution in [2.24, 2.45) is 0 Å². The van der Waals surface area contributed by atoms with Gasteiger partial charge in [0.2, 0.25) is 0 Å². The van der Waals surface area contributed by atoms with Gasteiger partial charge in [0.15, 0.2) is 0 Å². The van der Waals surface area contributed by atoms with Crippen LogP contribution in [0.3, 0.4) is 0 Å². The quantitative estimate of drug-likeness (QED) is 0.733. The average molecular weight is 293 g/mol. The van der Waals surface area contributed by atoms with E-state index in [0.717, 1.165) is 18.6 Å². The average Bonchev–Trinajstić information content (AvgIpc) is 3.01. The molecule has 1 fully saturated rings. The molecule has 1 atom stereocenters. The van der Waals surface area contributed by atoms with Crippen molar-refractivity contribution in [2.45, 2.75) is 12.3 Å². The molecule has 1 aliphatic heterocycles. The summed E-state index contributed by atoms with van der Waals surface area (Å²) < 4.78 is 10.2. The Kier molecular flexibility index (Phi) is 5.71. The molecule has 0 aromatic heterocycles. The molecular formula is C15H19NO5. The van der Waals surface area contributed by atoms with Gasteiger partial charge in [-0.3, -0.25) is 4.79 Å². The van der Waals surface area contributed by atoms with E-state index in [4.69, 9.17) is 14.6 Å². The fourth-order valence-corrected chi connectivity index (χ4v) is 2.23. The van der Waals surface area contributed by atoms with Gasteiger partial charge in [-0.05, 0) is 24.1 Å². The number of carbonyl (C=O) groups excluding carboxylic acids is 1. The number of nitrogens with one attached hydrogen (secondary N) is 1. The molecular weight excluding hydrogens is 274 g/mol. The van der Waals surface area contributed by atoms with Crippen LogP contribution in [0.25, 0.3) is 0 Å². The molecule has 114 valence electrons. The highest BCUT2D eigenvalue weighted by Crippen LogP contribution is 2.25. The van der Waals surface area contributed by atoms with Crippen LogP contribution >= 0.6 is 0 Å². The number of rotatable bonds is 7. The van der Waals surface area contributed by atoms with Gasteiger partial charge in [0, 0.05) is 24.6 Å². The largest absolute Gasteiger partial charge is 0.480 e. The monoisotopic (exact) mass is 293 g/mol. The van der Waals surface area contributed by atoms with E-state index in [1.54, 1.807) is 6.07 Å². The van der Waals surface area contributed by atoms with Crippen molar-refractivity contribution in [1.82, 2.24) is 5.32 Å². The Labute approximate surface area is 123 Å². The zero-order valence-electron chi connectivity index (χ0n) is 11.7. The van der Waals surface area contributed by atoms with E-state index in [-0.39, 0.29) is 25.7 Å². The minimum atomic E-state index is -1.02. The summed E-state index contributed by atoms with van der Waals surface area (Å²) in [6.45, 7) is 1.57. The van der Waals surface area contributed by atoms with Gasteiger partial charge in [0.25, 0.3) is 5.91 Å². The summed E-state index contributed by atoms with van der Waals surface area (Å²) in [6.07, 6.45) is 0.980. The van der Waals surface area contributed by atoms with Crippen molar-refractivity contribution in [2.75, 3.05) is 33.0 Å². The summed E-state index contributed by atoms with van der Waals surface area (Å²) >= 11 is 0. The van der Waals surface area contributed by atoms with Crippen LogP contribution in [-0.4, -0.2) is 50.0 Å². The Morgan fingerprint density at radius 3 is 3.00 bits per heavy atom. The highest BCUT2D eigenvalue weighted by molar-refractivity contribution is 5.94. The maximum Gasteiger partial charge on any atom is 0.329 e. The first kappa shape index (κ1) is 15.5. The van der Waals surface area contributed by atoms with Crippen molar-refractivity contribution in [3.8, 4) is 0 Å². The summed E-state index contributed by atoms with van der Waals surface area (Å²) in [7, 11) is 0. The lowest BCUT2D eigenvalue weighted by Crippen LogP contribution is -2.28. The van der Waals surface area contributed by atoms with Crippen LogP contribution in [0.4, 0.5) is 0 Å². The molecule has 1 aromatic carbocycles. The molecule has 1 aromatic rings. The predicted octanol–water partition coefficient (Wildman–Crippen LogP) is 1.02. The number of hydrogen-bond acceptors (Lipinski definition) is 4. The lowest BCUT2D eigenvalue weighted by Gasteiger charge is -2.10. The molecule has 0 saturated carbocycles. The Balaban J connectivity index is 1.81. The van der Waals surface area contributed by atoms with E-state index in [1.807, 2.05) is 18.2 Å². The second-order valence-corrected chi connectivity index (χ2v) is 4.89. The fraction of sp³-hybridized carbons (Fsp3) is 0.467. The molecule has 1 saturated heterocycles. The summed E-state index contributed by atoms with van der Waals surface area (Å²) in [5.74, 6) is -0.848. The van der Waals surface area contributed by atoms with Gasteiger partial charge >= 0.3 is 5.97 Å². The van der Waals surface area contributed by atoms with Gasteiger partial charge in [-0.1, -0.05) is 12.1 Å². The van der Waals surface area contributed by atoms with Crippen molar-refractivity contribution in [3.63, 3.8) is 0 Å². The van der Waals surface area contributed by atoms with Gasteiger partial charge in [-0.15, -0.1) is 0 Å². The highest BCUT2D eigenvalue weighted by atomic mass is 16.5. The smallest absolute Gasteiger partial charge is 0.329 e. The molecule has 0 spiro atoms. The molecule has 1 aliphatic rings. The Hall–Kier alpha value is -1.92. The number of amides is 1. The number of carboxylic acid groups (broad SMARTS) is 1. The Morgan fingerprint density at radius 2 is 2.29 bits per heavy atom. The second-order valence-electron chi connectivity index (χ2n) is 4.89. The van der Waals surface area contributed by atoms with Crippen LogP contribution in [0, 0.1) is 0 Å². The van der Waals surface area contributed by atoms with Crippen LogP contribution in [0.15, 0.2) is 24.3 Å². The van der Waals surface area contributed by atoms with Gasteiger partial charge in [-0.25, -0.2) is 4.79 Å². The van der Waals surface area contributed by atoms with Crippen LogP contribution in [0.2, 0.25) is 0 Å². The molecule has 21 heavy (non-hydrogen) atoms. The van der Waals surface area contributed by atoms with E-state index in [0.29, 0.717) is 18.1 Å². The van der Waals surface area contributed by atoms with Crippen LogP contribution in [0.5, 0.6) is 0 Å². The summed E-state index contributed by atoms with van der Waals surface area (Å²) in [4.78, 5) is 22.3. The topological polar surface area (TPSA) is 84.9 Å². The Morgan fingerprint density at radius 1 is 1.43 bits per heavy atom. The van der Waals surface area contributed by atoms with Crippen molar-refractivity contribution >= 4 is 11.9 Å². The van der Waals surface area contributed by atoms with Crippen LogP contribution in [-0.2, 0) is 14.3 Å². The first-order valence-electron chi connectivity index (χ1n) is 6.92. The molecule has 6 heteroatoms. The normalized spacial score (nSPS) is 17.6. The number of carbonyl (C=O) groups is 2. The lowest BCUT2D eigenvalue weighted by atomic mass is 9.96. The predicted molar refractivity (Wildman–Crippen MR) is 75.4 cm³/mol. The zero-order chi connectivity index (χ0) is 15.1. The molecule has 0 radical (unpaired) electrons. The van der Waals surface area contributed by atoms with Crippen LogP contribution < -0.4 is 5.32 Å². The van der Waals surface area contributed by atoms with Gasteiger partial charge in [-0.2, -0.15) is 0 Å². The summed E-state index contributed by atoms with van der Waals surface area (Å²) in [5.41, 5.74) is 1.71.